The minimum atomic E-state index is -4.38. The van der Waals surface area contributed by atoms with Crippen LogP contribution in [0.15, 0.2) is 24.7 Å². The van der Waals surface area contributed by atoms with Crippen LogP contribution in [0.2, 0.25) is 0 Å². The Morgan fingerprint density at radius 3 is 2.24 bits per heavy atom. The molecule has 2 amide bonds. The van der Waals surface area contributed by atoms with Crippen LogP contribution in [0.5, 0.6) is 0 Å². The van der Waals surface area contributed by atoms with Gasteiger partial charge >= 0.3 is 6.18 Å². The summed E-state index contributed by atoms with van der Waals surface area (Å²) in [5.74, 6) is -3.54. The number of fused-ring (bicyclic) bond motifs is 1. The van der Waals surface area contributed by atoms with E-state index in [1.165, 1.54) is 36.2 Å². The summed E-state index contributed by atoms with van der Waals surface area (Å²) in [6.45, 7) is -0.616. The molecule has 0 unspecified atom stereocenters. The molecule has 232 valence electrons. The van der Waals surface area contributed by atoms with Crippen LogP contribution in [0.4, 0.5) is 26.3 Å². The number of carbonyl (C=O) groups is 2. The summed E-state index contributed by atoms with van der Waals surface area (Å²) in [7, 11) is 0. The van der Waals surface area contributed by atoms with Crippen molar-refractivity contribution in [2.75, 3.05) is 6.67 Å². The van der Waals surface area contributed by atoms with E-state index in [9.17, 15) is 35.9 Å². The highest BCUT2D eigenvalue weighted by atomic mass is 19.4. The Bertz CT molecular complexity index is 1280. The Balaban J connectivity index is 0.000000364. The SMILES string of the molecule is C1CC1.FC1(F)CCCCC1.O=C(CCC(F)(F)F)NCc1cnn2cc(CNC(=O)c3cnn(CCF)n3)nc2c1. The minimum Gasteiger partial charge on any atom is -0.352 e. The van der Waals surface area contributed by atoms with Crippen molar-refractivity contribution in [2.24, 2.45) is 0 Å². The van der Waals surface area contributed by atoms with Gasteiger partial charge in [0.25, 0.3) is 5.91 Å². The molecule has 0 saturated heterocycles. The van der Waals surface area contributed by atoms with Crippen LogP contribution >= 0.6 is 0 Å². The number of hydrogen-bond donors (Lipinski definition) is 2. The number of nitrogens with zero attached hydrogens (tertiary/aromatic N) is 6. The fraction of sp³-hybridized carbons (Fsp3) is 0.615. The molecule has 0 bridgehead atoms. The van der Waals surface area contributed by atoms with Crippen LogP contribution in [0, 0.1) is 0 Å². The van der Waals surface area contributed by atoms with Crippen LogP contribution in [0.1, 0.15) is 86.0 Å². The Hall–Kier alpha value is -3.72. The van der Waals surface area contributed by atoms with Gasteiger partial charge in [0, 0.05) is 25.8 Å². The fourth-order valence-corrected chi connectivity index (χ4v) is 3.61. The molecule has 0 spiro atoms. The second-order valence-electron chi connectivity index (χ2n) is 9.97. The van der Waals surface area contributed by atoms with Crippen LogP contribution < -0.4 is 10.6 Å². The molecule has 42 heavy (non-hydrogen) atoms. The first-order chi connectivity index (χ1) is 19.9. The first-order valence-electron chi connectivity index (χ1n) is 13.7. The second-order valence-corrected chi connectivity index (χ2v) is 9.97. The number of hydrogen-bond acceptors (Lipinski definition) is 6. The lowest BCUT2D eigenvalue weighted by atomic mass is 9.97. The van der Waals surface area contributed by atoms with E-state index in [0.29, 0.717) is 29.7 Å². The zero-order valence-corrected chi connectivity index (χ0v) is 23.0. The van der Waals surface area contributed by atoms with Gasteiger partial charge in [0.2, 0.25) is 11.8 Å². The number of aromatic nitrogens is 6. The Morgan fingerprint density at radius 2 is 1.64 bits per heavy atom. The zero-order valence-electron chi connectivity index (χ0n) is 23.0. The standard InChI is InChI=1S/C17H18F4N8O2.C6H10F2.C3H6/c18-3-4-29-25-9-13(27-29)16(31)23-8-12-10-28-14(26-12)5-11(7-24-28)6-22-15(30)1-2-17(19,20)21;7-6(8)4-2-1-3-5-6;1-2-3-1/h5,7,9-10H,1-4,6,8H2,(H,22,30)(H,23,31);1-5H2;1-3H2. The van der Waals surface area contributed by atoms with Crippen molar-refractivity contribution >= 4 is 17.5 Å². The molecule has 3 aromatic rings. The second kappa shape index (κ2) is 15.5. The summed E-state index contributed by atoms with van der Waals surface area (Å²) in [6, 6.07) is 1.62. The summed E-state index contributed by atoms with van der Waals surface area (Å²) in [6.07, 6.45) is 5.21. The van der Waals surface area contributed by atoms with E-state index in [4.69, 9.17) is 0 Å². The van der Waals surface area contributed by atoms with Gasteiger partial charge in [-0.1, -0.05) is 25.7 Å². The van der Waals surface area contributed by atoms with E-state index in [2.05, 4.69) is 30.9 Å². The van der Waals surface area contributed by atoms with Crippen LogP contribution in [0.3, 0.4) is 0 Å². The lowest BCUT2D eigenvalue weighted by Gasteiger charge is -2.20. The molecule has 3 heterocycles. The van der Waals surface area contributed by atoms with Gasteiger partial charge in [-0.3, -0.25) is 9.59 Å². The summed E-state index contributed by atoms with van der Waals surface area (Å²) in [5.41, 5.74) is 1.51. The number of alkyl halides is 6. The van der Waals surface area contributed by atoms with Crippen molar-refractivity contribution in [3.63, 3.8) is 0 Å². The fourth-order valence-electron chi connectivity index (χ4n) is 3.61. The van der Waals surface area contributed by atoms with Crippen molar-refractivity contribution in [3.8, 4) is 0 Å². The molecular weight excluding hydrogens is 570 g/mol. The van der Waals surface area contributed by atoms with E-state index < -0.39 is 43.4 Å². The molecule has 3 aromatic heterocycles. The molecule has 0 atom stereocenters. The van der Waals surface area contributed by atoms with E-state index in [0.717, 1.165) is 11.2 Å². The van der Waals surface area contributed by atoms with Crippen molar-refractivity contribution < 1.29 is 35.9 Å². The maximum absolute atomic E-state index is 12.3. The van der Waals surface area contributed by atoms with Gasteiger partial charge in [0.05, 0.1) is 43.8 Å². The van der Waals surface area contributed by atoms with Gasteiger partial charge in [-0.15, -0.1) is 5.10 Å². The highest BCUT2D eigenvalue weighted by Gasteiger charge is 2.30. The number of imidazole rings is 1. The van der Waals surface area contributed by atoms with Crippen LogP contribution in [-0.4, -0.2) is 60.2 Å². The molecule has 2 aliphatic carbocycles. The number of aryl methyl sites for hydroxylation is 1. The van der Waals surface area contributed by atoms with Gasteiger partial charge < -0.3 is 10.6 Å². The number of nitrogens with one attached hydrogen (secondary N) is 2. The number of amides is 2. The molecule has 5 rings (SSSR count). The third-order valence-corrected chi connectivity index (χ3v) is 5.97. The molecule has 2 aliphatic rings. The van der Waals surface area contributed by atoms with Gasteiger partial charge in [-0.05, 0) is 24.5 Å². The summed E-state index contributed by atoms with van der Waals surface area (Å²) in [4.78, 5) is 29.0. The van der Waals surface area contributed by atoms with E-state index in [-0.39, 0.29) is 38.2 Å². The van der Waals surface area contributed by atoms with Gasteiger partial charge in [0.15, 0.2) is 11.3 Å². The number of carbonyl (C=O) groups excluding carboxylic acids is 2. The van der Waals surface area contributed by atoms with Gasteiger partial charge in [-0.25, -0.2) is 22.7 Å². The normalized spacial score (nSPS) is 15.6. The van der Waals surface area contributed by atoms with Crippen molar-refractivity contribution in [1.82, 2.24) is 40.2 Å². The average molecular weight is 605 g/mol. The third kappa shape index (κ3) is 12.4. The Labute approximate surface area is 238 Å². The molecule has 10 nitrogen and oxygen atoms in total. The van der Waals surface area contributed by atoms with Gasteiger partial charge in [-0.2, -0.15) is 28.2 Å². The summed E-state index contributed by atoms with van der Waals surface area (Å²) in [5, 5.41) is 16.8. The molecule has 0 aliphatic heterocycles. The van der Waals surface area contributed by atoms with E-state index in [1.54, 1.807) is 12.3 Å². The molecule has 0 radical (unpaired) electrons. The van der Waals surface area contributed by atoms with E-state index >= 15 is 0 Å². The predicted octanol–water partition coefficient (Wildman–Crippen LogP) is 4.94. The largest absolute Gasteiger partial charge is 0.389 e. The minimum absolute atomic E-state index is 0.00760. The zero-order chi connectivity index (χ0) is 30.6. The number of rotatable bonds is 9. The first-order valence-corrected chi connectivity index (χ1v) is 13.7. The van der Waals surface area contributed by atoms with Crippen molar-refractivity contribution in [1.29, 1.82) is 0 Å². The van der Waals surface area contributed by atoms with Crippen molar-refractivity contribution in [2.45, 2.75) is 95.9 Å². The Morgan fingerprint density at radius 1 is 0.952 bits per heavy atom. The highest BCUT2D eigenvalue weighted by Crippen LogP contribution is 2.32. The molecular formula is C26H34F6N8O2. The highest BCUT2D eigenvalue weighted by molar-refractivity contribution is 5.91. The average Bonchev–Trinajstić information content (AvgIpc) is 3.65. The number of halogens is 6. The summed E-state index contributed by atoms with van der Waals surface area (Å²) < 4.78 is 74.6. The summed E-state index contributed by atoms with van der Waals surface area (Å²) >= 11 is 0. The lowest BCUT2D eigenvalue weighted by Crippen LogP contribution is -2.24. The monoisotopic (exact) mass is 604 g/mol. The third-order valence-electron chi connectivity index (χ3n) is 5.97. The van der Waals surface area contributed by atoms with Gasteiger partial charge in [0.1, 0.15) is 6.67 Å². The molecule has 2 saturated carbocycles. The Kier molecular flexibility index (Phi) is 12.1. The molecule has 2 fully saturated rings. The maximum Gasteiger partial charge on any atom is 0.389 e. The maximum atomic E-state index is 12.3. The molecule has 2 N–H and O–H groups in total. The van der Waals surface area contributed by atoms with Crippen molar-refractivity contribution in [3.05, 3.63) is 41.6 Å². The van der Waals surface area contributed by atoms with E-state index in [1.807, 2.05) is 0 Å². The predicted molar refractivity (Wildman–Crippen MR) is 139 cm³/mol. The molecule has 16 heteroatoms. The smallest absolute Gasteiger partial charge is 0.352 e. The lowest BCUT2D eigenvalue weighted by molar-refractivity contribution is -0.144. The molecule has 0 aromatic carbocycles. The quantitative estimate of drug-likeness (QED) is 0.334. The first kappa shape index (κ1) is 32.8. The van der Waals surface area contributed by atoms with Crippen LogP contribution in [-0.2, 0) is 24.4 Å². The topological polar surface area (TPSA) is 119 Å². The van der Waals surface area contributed by atoms with Crippen LogP contribution in [0.25, 0.3) is 5.65 Å².